The zero-order valence-corrected chi connectivity index (χ0v) is 12.1. The average molecular weight is 250 g/mol. The Hall–Kier alpha value is -1.22. The first-order valence-corrected chi connectivity index (χ1v) is 6.88. The van der Waals surface area contributed by atoms with Crippen molar-refractivity contribution in [2.24, 2.45) is 0 Å². The van der Waals surface area contributed by atoms with Gasteiger partial charge in [-0.3, -0.25) is 0 Å². The highest BCUT2D eigenvalue weighted by Gasteiger charge is 2.01. The summed E-state index contributed by atoms with van der Waals surface area (Å²) in [5, 5.41) is 3.44. The van der Waals surface area contributed by atoms with Gasteiger partial charge in [-0.15, -0.1) is 0 Å². The standard InChI is InChI=1S/C15H26N2O/c1-5-17(6-2)11-10-16-14-8-7-9-15(12-14)18-13(3)4/h7-9,12-13,16H,5-6,10-11H2,1-4H3. The normalized spacial score (nSPS) is 11.0. The third-order valence-electron chi connectivity index (χ3n) is 2.86. The van der Waals surface area contributed by atoms with E-state index in [1.165, 1.54) is 0 Å². The second-order valence-electron chi connectivity index (χ2n) is 4.65. The fourth-order valence-corrected chi connectivity index (χ4v) is 1.85. The van der Waals surface area contributed by atoms with Gasteiger partial charge in [-0.1, -0.05) is 19.9 Å². The number of hydrogen-bond acceptors (Lipinski definition) is 3. The van der Waals surface area contributed by atoms with Gasteiger partial charge in [0.05, 0.1) is 6.10 Å². The van der Waals surface area contributed by atoms with E-state index < -0.39 is 0 Å². The Morgan fingerprint density at radius 3 is 2.56 bits per heavy atom. The van der Waals surface area contributed by atoms with Crippen molar-refractivity contribution in [2.45, 2.75) is 33.8 Å². The molecule has 0 saturated carbocycles. The molecule has 0 aliphatic rings. The molecule has 0 bridgehead atoms. The van der Waals surface area contributed by atoms with Crippen LogP contribution in [0.1, 0.15) is 27.7 Å². The Kier molecular flexibility index (Phi) is 6.58. The van der Waals surface area contributed by atoms with Gasteiger partial charge in [0.2, 0.25) is 0 Å². The Labute approximate surface area is 111 Å². The maximum absolute atomic E-state index is 5.67. The van der Waals surface area contributed by atoms with Gasteiger partial charge in [-0.2, -0.15) is 0 Å². The van der Waals surface area contributed by atoms with E-state index in [1.54, 1.807) is 0 Å². The average Bonchev–Trinajstić information content (AvgIpc) is 2.34. The molecule has 1 aromatic rings. The van der Waals surface area contributed by atoms with Gasteiger partial charge >= 0.3 is 0 Å². The third-order valence-corrected chi connectivity index (χ3v) is 2.86. The van der Waals surface area contributed by atoms with Crippen molar-refractivity contribution < 1.29 is 4.74 Å². The molecule has 0 saturated heterocycles. The van der Waals surface area contributed by atoms with Crippen LogP contribution >= 0.6 is 0 Å². The maximum atomic E-state index is 5.67. The lowest BCUT2D eigenvalue weighted by Gasteiger charge is -2.18. The summed E-state index contributed by atoms with van der Waals surface area (Å²) in [6, 6.07) is 8.16. The molecule has 0 atom stereocenters. The molecule has 1 N–H and O–H groups in total. The number of nitrogens with one attached hydrogen (secondary N) is 1. The van der Waals surface area contributed by atoms with Crippen LogP contribution in [0, 0.1) is 0 Å². The van der Waals surface area contributed by atoms with Crippen LogP contribution in [0.3, 0.4) is 0 Å². The molecule has 0 amide bonds. The highest BCUT2D eigenvalue weighted by atomic mass is 16.5. The second kappa shape index (κ2) is 7.98. The number of anilines is 1. The molecule has 0 heterocycles. The molecule has 3 nitrogen and oxygen atoms in total. The lowest BCUT2D eigenvalue weighted by Crippen LogP contribution is -2.28. The largest absolute Gasteiger partial charge is 0.491 e. The van der Waals surface area contributed by atoms with Gasteiger partial charge in [0.25, 0.3) is 0 Å². The first kappa shape index (κ1) is 14.8. The van der Waals surface area contributed by atoms with Gasteiger partial charge < -0.3 is 15.0 Å². The second-order valence-corrected chi connectivity index (χ2v) is 4.65. The number of nitrogens with zero attached hydrogens (tertiary/aromatic N) is 1. The van der Waals surface area contributed by atoms with Crippen molar-refractivity contribution in [1.82, 2.24) is 4.90 Å². The van der Waals surface area contributed by atoms with Crippen molar-refractivity contribution >= 4 is 5.69 Å². The van der Waals surface area contributed by atoms with Gasteiger partial charge in [-0.25, -0.2) is 0 Å². The lowest BCUT2D eigenvalue weighted by molar-refractivity contribution is 0.242. The molecule has 18 heavy (non-hydrogen) atoms. The SMILES string of the molecule is CCN(CC)CCNc1cccc(OC(C)C)c1. The Bertz CT molecular complexity index is 335. The van der Waals surface area contributed by atoms with E-state index in [2.05, 4.69) is 36.2 Å². The first-order valence-electron chi connectivity index (χ1n) is 6.88. The Morgan fingerprint density at radius 2 is 1.94 bits per heavy atom. The van der Waals surface area contributed by atoms with E-state index in [4.69, 9.17) is 4.74 Å². The maximum Gasteiger partial charge on any atom is 0.121 e. The minimum absolute atomic E-state index is 0.218. The number of rotatable bonds is 8. The van der Waals surface area contributed by atoms with Crippen LogP contribution in [0.25, 0.3) is 0 Å². The third kappa shape index (κ3) is 5.41. The van der Waals surface area contributed by atoms with Gasteiger partial charge in [0.1, 0.15) is 5.75 Å². The molecule has 0 fully saturated rings. The molecular formula is C15H26N2O. The Balaban J connectivity index is 2.42. The first-order chi connectivity index (χ1) is 8.65. The van der Waals surface area contributed by atoms with E-state index in [9.17, 15) is 0 Å². The fourth-order valence-electron chi connectivity index (χ4n) is 1.85. The number of benzene rings is 1. The fraction of sp³-hybridized carbons (Fsp3) is 0.600. The zero-order valence-electron chi connectivity index (χ0n) is 12.1. The highest BCUT2D eigenvalue weighted by molar-refractivity contribution is 5.48. The van der Waals surface area contributed by atoms with Crippen molar-refractivity contribution in [2.75, 3.05) is 31.5 Å². The van der Waals surface area contributed by atoms with Crippen LogP contribution in [0.5, 0.6) is 5.75 Å². The van der Waals surface area contributed by atoms with Crippen LogP contribution in [-0.4, -0.2) is 37.2 Å². The summed E-state index contributed by atoms with van der Waals surface area (Å²) in [6.45, 7) is 12.7. The molecule has 0 unspecified atom stereocenters. The number of hydrogen-bond donors (Lipinski definition) is 1. The van der Waals surface area contributed by atoms with E-state index in [0.29, 0.717) is 0 Å². The molecule has 0 aliphatic heterocycles. The van der Waals surface area contributed by atoms with Crippen LogP contribution in [0.2, 0.25) is 0 Å². The van der Waals surface area contributed by atoms with Crippen molar-refractivity contribution in [3.05, 3.63) is 24.3 Å². The predicted molar refractivity (Wildman–Crippen MR) is 78.5 cm³/mol. The molecule has 1 rings (SSSR count). The predicted octanol–water partition coefficient (Wildman–Crippen LogP) is 3.23. The topological polar surface area (TPSA) is 24.5 Å². The molecule has 0 spiro atoms. The quantitative estimate of drug-likeness (QED) is 0.766. The summed E-state index contributed by atoms with van der Waals surface area (Å²) in [7, 11) is 0. The summed E-state index contributed by atoms with van der Waals surface area (Å²) in [5.41, 5.74) is 1.13. The van der Waals surface area contributed by atoms with Gasteiger partial charge in [0, 0.05) is 24.8 Å². The van der Waals surface area contributed by atoms with Crippen molar-refractivity contribution in [3.8, 4) is 5.75 Å². The van der Waals surface area contributed by atoms with E-state index in [-0.39, 0.29) is 6.10 Å². The molecular weight excluding hydrogens is 224 g/mol. The highest BCUT2D eigenvalue weighted by Crippen LogP contribution is 2.18. The zero-order chi connectivity index (χ0) is 13.4. The van der Waals surface area contributed by atoms with Crippen LogP contribution < -0.4 is 10.1 Å². The summed E-state index contributed by atoms with van der Waals surface area (Å²) in [4.78, 5) is 2.40. The Morgan fingerprint density at radius 1 is 1.22 bits per heavy atom. The van der Waals surface area contributed by atoms with E-state index in [0.717, 1.165) is 37.6 Å². The summed E-state index contributed by atoms with van der Waals surface area (Å²) < 4.78 is 5.67. The van der Waals surface area contributed by atoms with Gasteiger partial charge in [0.15, 0.2) is 0 Å². The lowest BCUT2D eigenvalue weighted by atomic mass is 10.3. The molecule has 0 radical (unpaired) electrons. The smallest absolute Gasteiger partial charge is 0.121 e. The number of likely N-dealkylation sites (N-methyl/N-ethyl adjacent to an activating group) is 1. The summed E-state index contributed by atoms with van der Waals surface area (Å²) in [5.74, 6) is 0.929. The van der Waals surface area contributed by atoms with Crippen LogP contribution in [-0.2, 0) is 0 Å². The molecule has 102 valence electrons. The minimum Gasteiger partial charge on any atom is -0.491 e. The summed E-state index contributed by atoms with van der Waals surface area (Å²) >= 11 is 0. The van der Waals surface area contributed by atoms with Crippen molar-refractivity contribution in [1.29, 1.82) is 0 Å². The summed E-state index contributed by atoms with van der Waals surface area (Å²) in [6.07, 6.45) is 0.218. The van der Waals surface area contributed by atoms with E-state index in [1.807, 2.05) is 26.0 Å². The molecule has 0 aliphatic carbocycles. The molecule has 1 aromatic carbocycles. The van der Waals surface area contributed by atoms with Crippen LogP contribution in [0.15, 0.2) is 24.3 Å². The molecule has 0 aromatic heterocycles. The van der Waals surface area contributed by atoms with Crippen molar-refractivity contribution in [3.63, 3.8) is 0 Å². The van der Waals surface area contributed by atoms with Crippen LogP contribution in [0.4, 0.5) is 5.69 Å². The number of ether oxygens (including phenoxy) is 1. The van der Waals surface area contributed by atoms with E-state index >= 15 is 0 Å². The minimum atomic E-state index is 0.218. The van der Waals surface area contributed by atoms with Gasteiger partial charge in [-0.05, 0) is 39.1 Å². The monoisotopic (exact) mass is 250 g/mol. The molecule has 3 heteroatoms.